The van der Waals surface area contributed by atoms with Crippen molar-refractivity contribution in [1.29, 1.82) is 0 Å². The van der Waals surface area contributed by atoms with Crippen molar-refractivity contribution in [3.8, 4) is 0 Å². The molecule has 2 aliphatic rings. The van der Waals surface area contributed by atoms with Crippen molar-refractivity contribution in [2.45, 2.75) is 72.2 Å². The number of nitrogens with zero attached hydrogens (tertiary/aromatic N) is 1. The molecule has 2 rings (SSSR count). The Morgan fingerprint density at radius 3 is 1.85 bits per heavy atom. The van der Waals surface area contributed by atoms with Crippen LogP contribution in [-0.2, 0) is 28.7 Å². The lowest BCUT2D eigenvalue weighted by Crippen LogP contribution is -2.47. The van der Waals surface area contributed by atoms with E-state index in [2.05, 4.69) is 12.2 Å². The number of hydrogen-bond acceptors (Lipinski definition) is 10. The minimum absolute atomic E-state index is 0.0443. The van der Waals surface area contributed by atoms with Gasteiger partial charge in [0.2, 0.25) is 0 Å². The Labute approximate surface area is 228 Å². The molecule has 1 amide bonds. The molecule has 0 aromatic heterocycles. The first-order chi connectivity index (χ1) is 17.9. The van der Waals surface area contributed by atoms with Gasteiger partial charge in [0.25, 0.3) is 0 Å². The number of likely N-dealkylation sites (tertiary alicyclic amines) is 1. The van der Waals surface area contributed by atoms with Crippen molar-refractivity contribution in [1.82, 2.24) is 10.2 Å². The van der Waals surface area contributed by atoms with Gasteiger partial charge in [-0.15, -0.1) is 0 Å². The van der Waals surface area contributed by atoms with Crippen molar-refractivity contribution in [3.05, 3.63) is 0 Å². The third-order valence-corrected chi connectivity index (χ3v) is 6.15. The summed E-state index contributed by atoms with van der Waals surface area (Å²) in [5.74, 6) is -4.28. The molecule has 0 radical (unpaired) electrons. The third-order valence-electron chi connectivity index (χ3n) is 6.15. The number of aliphatic hydroxyl groups is 2. The summed E-state index contributed by atoms with van der Waals surface area (Å²) in [6.45, 7) is 14.4. The fourth-order valence-electron chi connectivity index (χ4n) is 3.71. The van der Waals surface area contributed by atoms with Crippen LogP contribution < -0.4 is 5.32 Å². The van der Waals surface area contributed by atoms with Crippen LogP contribution in [0.3, 0.4) is 0 Å². The second-order valence-electron chi connectivity index (χ2n) is 10.5. The highest BCUT2D eigenvalue weighted by Gasteiger charge is 2.35. The number of aliphatic carboxylic acids is 3. The molecule has 6 N–H and O–H groups in total. The maximum Gasteiger partial charge on any atom is 0.410 e. The maximum atomic E-state index is 11.8. The summed E-state index contributed by atoms with van der Waals surface area (Å²) < 4.78 is 10.2. The molecule has 0 spiro atoms. The summed E-state index contributed by atoms with van der Waals surface area (Å²) in [4.78, 5) is 55.2. The number of esters is 1. The van der Waals surface area contributed by atoms with Crippen LogP contribution in [0.4, 0.5) is 4.79 Å². The molecule has 0 saturated carbocycles. The van der Waals surface area contributed by atoms with Gasteiger partial charge in [0.1, 0.15) is 5.60 Å². The Hall–Kier alpha value is -2.97. The molecule has 2 aliphatic heterocycles. The molecule has 39 heavy (non-hydrogen) atoms. The number of carbonyl (C=O) groups excluding carboxylic acids is 2. The Morgan fingerprint density at radius 1 is 0.923 bits per heavy atom. The van der Waals surface area contributed by atoms with Gasteiger partial charge < -0.3 is 45.2 Å². The number of piperidine rings is 2. The zero-order valence-corrected chi connectivity index (χ0v) is 23.5. The first kappa shape index (κ1) is 36.0. The molecule has 0 aromatic carbocycles. The number of carboxylic acids is 3. The van der Waals surface area contributed by atoms with Gasteiger partial charge >= 0.3 is 30.0 Å². The zero-order chi connectivity index (χ0) is 30.5. The number of carbonyl (C=O) groups is 5. The van der Waals surface area contributed by atoms with Crippen molar-refractivity contribution in [2.75, 3.05) is 32.8 Å². The van der Waals surface area contributed by atoms with Gasteiger partial charge in [-0.25, -0.2) is 14.4 Å². The minimum atomic E-state index is -2.27. The molecule has 0 aromatic rings. The average Bonchev–Trinajstić information content (AvgIpc) is 2.83. The molecule has 2 fully saturated rings. The summed E-state index contributed by atoms with van der Waals surface area (Å²) in [5, 5.41) is 44.8. The van der Waals surface area contributed by atoms with Crippen molar-refractivity contribution >= 4 is 30.0 Å². The van der Waals surface area contributed by atoms with E-state index < -0.39 is 47.7 Å². The zero-order valence-electron chi connectivity index (χ0n) is 23.5. The minimum Gasteiger partial charge on any atom is -0.481 e. The summed E-state index contributed by atoms with van der Waals surface area (Å²) >= 11 is 0. The molecule has 226 valence electrons. The number of carboxylic acid groups (broad SMARTS) is 3. The van der Waals surface area contributed by atoms with Crippen LogP contribution in [0.5, 0.6) is 0 Å². The molecule has 2 heterocycles. The van der Waals surface area contributed by atoms with Gasteiger partial charge in [0.15, 0.2) is 12.2 Å². The summed E-state index contributed by atoms with van der Waals surface area (Å²) in [6.07, 6.45) is -3.18. The Bertz CT molecular complexity index is 810. The van der Waals surface area contributed by atoms with Crippen LogP contribution in [0.2, 0.25) is 0 Å². The predicted octanol–water partition coefficient (Wildman–Crippen LogP) is 0.637. The molecule has 6 atom stereocenters. The number of rotatable bonds is 6. The Morgan fingerprint density at radius 2 is 1.44 bits per heavy atom. The second-order valence-corrected chi connectivity index (χ2v) is 10.5. The smallest absolute Gasteiger partial charge is 0.410 e. The highest BCUT2D eigenvalue weighted by molar-refractivity contribution is 5.83. The highest BCUT2D eigenvalue weighted by atomic mass is 16.6. The number of amides is 1. The van der Waals surface area contributed by atoms with Gasteiger partial charge in [-0.1, -0.05) is 13.8 Å². The molecule has 14 nitrogen and oxygen atoms in total. The van der Waals surface area contributed by atoms with Gasteiger partial charge in [-0.3, -0.25) is 9.59 Å². The van der Waals surface area contributed by atoms with Crippen LogP contribution in [0, 0.1) is 23.7 Å². The van der Waals surface area contributed by atoms with E-state index >= 15 is 0 Å². The fraction of sp³-hybridized carbons (Fsp3) is 0.800. The highest BCUT2D eigenvalue weighted by Crippen LogP contribution is 2.24. The van der Waals surface area contributed by atoms with Gasteiger partial charge in [-0.2, -0.15) is 0 Å². The average molecular weight is 565 g/mol. The monoisotopic (exact) mass is 564 g/mol. The summed E-state index contributed by atoms with van der Waals surface area (Å²) in [6, 6.07) is 0. The third kappa shape index (κ3) is 13.6. The Kier molecular flexibility index (Phi) is 15.6. The maximum absolute atomic E-state index is 11.8. The molecule has 2 saturated heterocycles. The Balaban J connectivity index is 0.000000580. The van der Waals surface area contributed by atoms with E-state index in [1.165, 1.54) is 4.90 Å². The summed E-state index contributed by atoms with van der Waals surface area (Å²) in [7, 11) is 0. The van der Waals surface area contributed by atoms with Crippen molar-refractivity contribution in [2.24, 2.45) is 23.7 Å². The summed E-state index contributed by atoms with van der Waals surface area (Å²) in [5.41, 5.74) is -0.543. The van der Waals surface area contributed by atoms with E-state index in [0.717, 1.165) is 19.5 Å². The van der Waals surface area contributed by atoms with E-state index in [1.54, 1.807) is 20.8 Å². The van der Waals surface area contributed by atoms with Crippen LogP contribution in [0.15, 0.2) is 0 Å². The molecule has 0 unspecified atom stereocenters. The predicted molar refractivity (Wildman–Crippen MR) is 137 cm³/mol. The lowest BCUT2D eigenvalue weighted by Gasteiger charge is -2.35. The van der Waals surface area contributed by atoms with E-state index in [9.17, 15) is 24.0 Å². The molecular formula is C25H44N2O12. The number of nitrogens with one attached hydrogen (secondary N) is 1. The number of aliphatic hydroxyl groups excluding tert-OH is 2. The number of hydrogen-bond donors (Lipinski definition) is 6. The first-order valence-corrected chi connectivity index (χ1v) is 12.8. The van der Waals surface area contributed by atoms with E-state index in [0.29, 0.717) is 25.5 Å². The normalized spacial score (nSPS) is 24.4. The van der Waals surface area contributed by atoms with Gasteiger partial charge in [-0.05, 0) is 58.9 Å². The van der Waals surface area contributed by atoms with Crippen molar-refractivity contribution < 1.29 is 59.0 Å². The molecular weight excluding hydrogens is 520 g/mol. The molecule has 0 aliphatic carbocycles. The van der Waals surface area contributed by atoms with E-state index in [1.807, 2.05) is 13.8 Å². The quantitative estimate of drug-likeness (QED) is 0.244. The molecule has 0 bridgehead atoms. The van der Waals surface area contributed by atoms with Gasteiger partial charge in [0, 0.05) is 19.6 Å². The lowest BCUT2D eigenvalue weighted by atomic mass is 9.87. The first-order valence-electron chi connectivity index (χ1n) is 12.8. The standard InChI is InChI=1S/C12H21NO4.C9H17NO2.C4H6O6/c1-8-5-6-13(7-9(8)10(14)15)11(16)17-12(2,3)4;1-3-12-9(11)8-6-10-5-4-7(8)2;5-1(3(7)8)2(6)4(9)10/h8-9H,5-7H2,1-4H3,(H,14,15);7-8,10H,3-6H2,1-2H3;1-2,5-6H,(H,7,8)(H,9,10)/t8-,9+;7-,8+;1-,2-/m110/s1. The van der Waals surface area contributed by atoms with Gasteiger partial charge in [0.05, 0.1) is 18.4 Å². The van der Waals surface area contributed by atoms with E-state index in [-0.39, 0.29) is 24.3 Å². The molecule has 14 heteroatoms. The second kappa shape index (κ2) is 16.9. The number of ether oxygens (including phenoxy) is 2. The van der Waals surface area contributed by atoms with Crippen LogP contribution >= 0.6 is 0 Å². The van der Waals surface area contributed by atoms with Crippen LogP contribution in [-0.4, -0.2) is 111 Å². The lowest BCUT2D eigenvalue weighted by molar-refractivity contribution is -0.165. The van der Waals surface area contributed by atoms with Crippen LogP contribution in [0.25, 0.3) is 0 Å². The van der Waals surface area contributed by atoms with Crippen molar-refractivity contribution in [3.63, 3.8) is 0 Å². The fourth-order valence-corrected chi connectivity index (χ4v) is 3.71. The van der Waals surface area contributed by atoms with Crippen LogP contribution in [0.1, 0.15) is 54.4 Å². The van der Waals surface area contributed by atoms with E-state index in [4.69, 9.17) is 35.0 Å². The topological polar surface area (TPSA) is 220 Å². The SMILES string of the molecule is CCOC(=O)[C@H]1CNCC[C@H]1C.C[C@@H]1CCN(C(=O)OC(C)(C)C)C[C@@H]1C(=O)O.O=C(O)[C@@H](O)[C@H](O)C(=O)O. The largest absolute Gasteiger partial charge is 0.481 e.